The molecule has 226 valence electrons. The summed E-state index contributed by atoms with van der Waals surface area (Å²) in [5, 5.41) is 1.36. The number of rotatable bonds is 5. The number of allylic oxidation sites excluding steroid dienone is 1. The Morgan fingerprint density at radius 3 is 1.81 bits per heavy atom. The molecule has 0 aliphatic heterocycles. The molecule has 2 nitrogen and oxygen atoms in total. The lowest BCUT2D eigenvalue weighted by atomic mass is 9.76. The minimum absolute atomic E-state index is 0.0207. The Morgan fingerprint density at radius 1 is 0.574 bits per heavy atom. The maximum Gasteiger partial charge on any atom is 0.0537 e. The van der Waals surface area contributed by atoms with E-state index in [1.54, 1.807) is 0 Å². The minimum Gasteiger partial charge on any atom is -0.311 e. The highest BCUT2D eigenvalue weighted by Gasteiger charge is 2.44. The molecule has 0 saturated heterocycles. The molecule has 0 radical (unpaired) electrons. The van der Waals surface area contributed by atoms with Crippen LogP contribution in [0, 0.1) is 0 Å². The lowest BCUT2D eigenvalue weighted by Crippen LogP contribution is -2.19. The number of benzene rings is 6. The summed E-state index contributed by atoms with van der Waals surface area (Å²) in [4.78, 5) is 2.30. The normalized spacial score (nSPS) is 15.9. The molecule has 0 bridgehead atoms. The Morgan fingerprint density at radius 2 is 1.13 bits per heavy atom. The number of hydrogen-bond acceptors (Lipinski definition) is 1. The number of nitrogens with zero attached hydrogens (tertiary/aromatic N) is 2. The van der Waals surface area contributed by atoms with Gasteiger partial charge in [-0.15, -0.1) is 0 Å². The van der Waals surface area contributed by atoms with Crippen LogP contribution in [0.2, 0.25) is 0 Å². The summed E-state index contributed by atoms with van der Waals surface area (Å²) in [6.07, 6.45) is 3.56. The molecule has 0 saturated carbocycles. The maximum absolute atomic E-state index is 2.52. The van der Waals surface area contributed by atoms with Crippen molar-refractivity contribution < 1.29 is 0 Å². The third-order valence-electron chi connectivity index (χ3n) is 10.4. The van der Waals surface area contributed by atoms with Gasteiger partial charge in [0, 0.05) is 39.5 Å². The maximum atomic E-state index is 2.52. The average molecular weight is 605 g/mol. The standard InChI is InChI=1S/C45H36N2/c1-45(2)41-19-11-9-17-37(41)39-29-40-38-18-10-12-20-43(38)47(44(40)30-42(39)45)36-27-23-32(24-28-36)31-21-25-35(26-22-31)46(33-13-5-3-6-14-33)34-15-7-4-8-16-34/h3-28,30,39H,29H2,1-2H3. The first kappa shape index (κ1) is 27.7. The molecule has 1 unspecified atom stereocenters. The molecule has 0 amide bonds. The molecule has 6 aromatic carbocycles. The van der Waals surface area contributed by atoms with Crippen molar-refractivity contribution >= 4 is 34.0 Å². The van der Waals surface area contributed by atoms with Gasteiger partial charge in [-0.05, 0) is 94.9 Å². The van der Waals surface area contributed by atoms with Gasteiger partial charge >= 0.3 is 0 Å². The molecular weight excluding hydrogens is 569 g/mol. The summed E-state index contributed by atoms with van der Waals surface area (Å²) in [7, 11) is 0. The summed E-state index contributed by atoms with van der Waals surface area (Å²) in [6, 6.07) is 57.2. The van der Waals surface area contributed by atoms with Gasteiger partial charge in [0.1, 0.15) is 0 Å². The molecule has 1 heterocycles. The van der Waals surface area contributed by atoms with Crippen molar-refractivity contribution in [2.75, 3.05) is 4.90 Å². The van der Waals surface area contributed by atoms with E-state index in [0.29, 0.717) is 5.92 Å². The van der Waals surface area contributed by atoms with Crippen LogP contribution in [0.4, 0.5) is 17.1 Å². The second kappa shape index (κ2) is 10.7. The lowest BCUT2D eigenvalue weighted by Gasteiger charge is -2.28. The summed E-state index contributed by atoms with van der Waals surface area (Å²) in [6.45, 7) is 4.79. The van der Waals surface area contributed by atoms with E-state index in [4.69, 9.17) is 0 Å². The van der Waals surface area contributed by atoms with Crippen LogP contribution in [0.5, 0.6) is 0 Å². The zero-order chi connectivity index (χ0) is 31.5. The van der Waals surface area contributed by atoms with Gasteiger partial charge in [0.25, 0.3) is 0 Å². The number of fused-ring (bicyclic) bond motifs is 6. The summed E-state index contributed by atoms with van der Waals surface area (Å²) in [5.74, 6) is 0.443. The Hall–Kier alpha value is -5.60. The molecule has 1 atom stereocenters. The Balaban J connectivity index is 1.08. The molecule has 0 N–H and O–H groups in total. The van der Waals surface area contributed by atoms with Gasteiger partial charge in [0.2, 0.25) is 0 Å². The van der Waals surface area contributed by atoms with Crippen molar-refractivity contribution in [3.05, 3.63) is 186 Å². The van der Waals surface area contributed by atoms with Crippen LogP contribution in [0.3, 0.4) is 0 Å². The first-order valence-electron chi connectivity index (χ1n) is 16.6. The molecule has 2 aliphatic carbocycles. The first-order valence-corrected chi connectivity index (χ1v) is 16.6. The van der Waals surface area contributed by atoms with Gasteiger partial charge in [-0.1, -0.05) is 123 Å². The van der Waals surface area contributed by atoms with Crippen LogP contribution in [0.25, 0.3) is 33.8 Å². The predicted octanol–water partition coefficient (Wildman–Crippen LogP) is 11.8. The van der Waals surface area contributed by atoms with Crippen molar-refractivity contribution in [1.82, 2.24) is 4.57 Å². The third kappa shape index (κ3) is 4.40. The molecule has 1 aromatic heterocycles. The second-order valence-electron chi connectivity index (χ2n) is 13.4. The molecule has 0 fully saturated rings. The summed E-state index contributed by atoms with van der Waals surface area (Å²) in [5.41, 5.74) is 15.6. The quantitative estimate of drug-likeness (QED) is 0.190. The van der Waals surface area contributed by atoms with Crippen LogP contribution >= 0.6 is 0 Å². The van der Waals surface area contributed by atoms with Crippen molar-refractivity contribution in [1.29, 1.82) is 0 Å². The topological polar surface area (TPSA) is 8.17 Å². The highest BCUT2D eigenvalue weighted by Crippen LogP contribution is 2.55. The molecule has 9 rings (SSSR count). The van der Waals surface area contributed by atoms with Crippen molar-refractivity contribution in [3.8, 4) is 16.8 Å². The monoisotopic (exact) mass is 604 g/mol. The third-order valence-corrected chi connectivity index (χ3v) is 10.4. The Bertz CT molecular complexity index is 2230. The van der Waals surface area contributed by atoms with Crippen LogP contribution in [0.15, 0.2) is 163 Å². The van der Waals surface area contributed by atoms with E-state index < -0.39 is 0 Å². The molecule has 2 heteroatoms. The zero-order valence-corrected chi connectivity index (χ0v) is 26.8. The van der Waals surface area contributed by atoms with Crippen molar-refractivity contribution in [3.63, 3.8) is 0 Å². The van der Waals surface area contributed by atoms with Gasteiger partial charge in [-0.3, -0.25) is 0 Å². The van der Waals surface area contributed by atoms with Crippen molar-refractivity contribution in [2.24, 2.45) is 0 Å². The van der Waals surface area contributed by atoms with Gasteiger partial charge in [0.05, 0.1) is 11.2 Å². The second-order valence-corrected chi connectivity index (χ2v) is 13.4. The molecule has 7 aromatic rings. The van der Waals surface area contributed by atoms with Crippen molar-refractivity contribution in [2.45, 2.75) is 31.6 Å². The largest absolute Gasteiger partial charge is 0.311 e. The number of hydrogen-bond donors (Lipinski definition) is 0. The first-order chi connectivity index (χ1) is 23.1. The van der Waals surface area contributed by atoms with E-state index >= 15 is 0 Å². The minimum atomic E-state index is 0.0207. The predicted molar refractivity (Wildman–Crippen MR) is 197 cm³/mol. The average Bonchev–Trinajstić information content (AvgIpc) is 3.57. The molecular formula is C45H36N2. The van der Waals surface area contributed by atoms with E-state index in [9.17, 15) is 0 Å². The summed E-state index contributed by atoms with van der Waals surface area (Å²) >= 11 is 0. The lowest BCUT2D eigenvalue weighted by molar-refractivity contribution is 0.613. The zero-order valence-electron chi connectivity index (χ0n) is 26.8. The fourth-order valence-corrected chi connectivity index (χ4v) is 8.16. The van der Waals surface area contributed by atoms with E-state index in [2.05, 4.69) is 187 Å². The van der Waals surface area contributed by atoms with E-state index in [1.165, 1.54) is 55.7 Å². The number of para-hydroxylation sites is 3. The number of aromatic nitrogens is 1. The highest BCUT2D eigenvalue weighted by molar-refractivity contribution is 5.92. The van der Waals surface area contributed by atoms with E-state index in [-0.39, 0.29) is 5.41 Å². The number of anilines is 3. The highest BCUT2D eigenvalue weighted by atomic mass is 15.1. The van der Waals surface area contributed by atoms with Crippen LogP contribution in [-0.4, -0.2) is 4.57 Å². The molecule has 2 aliphatic rings. The van der Waals surface area contributed by atoms with Crippen LogP contribution in [-0.2, 0) is 11.8 Å². The van der Waals surface area contributed by atoms with E-state index in [1.807, 2.05) is 0 Å². The fraction of sp³-hybridized carbons (Fsp3) is 0.111. The molecule has 0 spiro atoms. The van der Waals surface area contributed by atoms with Gasteiger partial charge in [-0.25, -0.2) is 0 Å². The van der Waals surface area contributed by atoms with Crippen LogP contribution in [0.1, 0.15) is 42.1 Å². The Kier molecular flexibility index (Phi) is 6.33. The van der Waals surface area contributed by atoms with Crippen LogP contribution < -0.4 is 4.90 Å². The Labute approximate surface area is 276 Å². The smallest absolute Gasteiger partial charge is 0.0537 e. The fourth-order valence-electron chi connectivity index (χ4n) is 8.16. The SMILES string of the molecule is CC1(C)C2=Cc3c(c4ccccc4n3-c3ccc(-c4ccc(N(c5ccccc5)c5ccccc5)cc4)cc3)CC2c2ccccc21. The van der Waals surface area contributed by atoms with E-state index in [0.717, 1.165) is 23.5 Å². The van der Waals surface area contributed by atoms with Gasteiger partial charge in [-0.2, -0.15) is 0 Å². The van der Waals surface area contributed by atoms with Gasteiger partial charge in [0.15, 0.2) is 0 Å². The molecule has 47 heavy (non-hydrogen) atoms. The summed E-state index contributed by atoms with van der Waals surface area (Å²) < 4.78 is 2.48. The van der Waals surface area contributed by atoms with Gasteiger partial charge < -0.3 is 9.47 Å².